The molecule has 0 aliphatic heterocycles. The average Bonchev–Trinajstić information content (AvgIpc) is 3.32. The maximum atomic E-state index is 13.0. The lowest BCUT2D eigenvalue weighted by Gasteiger charge is -2.18. The van der Waals surface area contributed by atoms with Crippen molar-refractivity contribution < 1.29 is 9.47 Å². The third-order valence-corrected chi connectivity index (χ3v) is 6.25. The summed E-state index contributed by atoms with van der Waals surface area (Å²) in [6.45, 7) is 4.47. The third-order valence-electron chi connectivity index (χ3n) is 5.28. The van der Waals surface area contributed by atoms with Crippen molar-refractivity contribution in [3.8, 4) is 11.5 Å². The van der Waals surface area contributed by atoms with Crippen LogP contribution in [0.3, 0.4) is 0 Å². The molecule has 2 aromatic heterocycles. The van der Waals surface area contributed by atoms with Crippen LogP contribution in [0.5, 0.6) is 11.5 Å². The number of fused-ring (bicyclic) bond motifs is 3. The predicted octanol–water partition coefficient (Wildman–Crippen LogP) is 5.00. The zero-order valence-electron chi connectivity index (χ0n) is 17.8. The van der Waals surface area contributed by atoms with Crippen molar-refractivity contribution in [2.45, 2.75) is 20.0 Å². The Kier molecular flexibility index (Phi) is 5.37. The van der Waals surface area contributed by atoms with Crippen molar-refractivity contribution in [2.24, 2.45) is 0 Å². The van der Waals surface area contributed by atoms with E-state index in [4.69, 9.17) is 9.47 Å². The fraction of sp³-hybridized carbons (Fsp3) is 0.154. The first kappa shape index (κ1) is 20.3. The van der Waals surface area contributed by atoms with E-state index in [2.05, 4.69) is 4.98 Å². The van der Waals surface area contributed by atoms with Crippen molar-refractivity contribution in [1.82, 2.24) is 9.38 Å². The van der Waals surface area contributed by atoms with Crippen LogP contribution in [-0.4, -0.2) is 16.0 Å². The fourth-order valence-electron chi connectivity index (χ4n) is 3.73. The lowest BCUT2D eigenvalue weighted by Crippen LogP contribution is -2.22. The highest BCUT2D eigenvalue weighted by Gasteiger charge is 2.13. The minimum absolute atomic E-state index is 0.0605. The molecule has 160 valence electrons. The molecule has 2 heterocycles. The van der Waals surface area contributed by atoms with Gasteiger partial charge < -0.3 is 9.47 Å². The van der Waals surface area contributed by atoms with Gasteiger partial charge in [0.1, 0.15) is 6.10 Å². The monoisotopic (exact) mass is 442 g/mol. The molecule has 0 saturated carbocycles. The number of nitrogens with zero attached hydrogens (tertiary/aromatic N) is 2. The van der Waals surface area contributed by atoms with Gasteiger partial charge in [-0.15, -0.1) is 0 Å². The standard InChI is InChI=1S/C26H22N2O3S/c1-3-30-23-15-18(13-14-22(23)31-17(2)19-9-5-4-6-10-19)16-24-25(29)28-21-12-8-7-11-20(21)27-26(28)32-24/h4-17H,3H2,1-2H3/b24-16-. The summed E-state index contributed by atoms with van der Waals surface area (Å²) in [5.74, 6) is 1.33. The van der Waals surface area contributed by atoms with Gasteiger partial charge in [0.15, 0.2) is 16.5 Å². The first-order valence-electron chi connectivity index (χ1n) is 10.5. The highest BCUT2D eigenvalue weighted by molar-refractivity contribution is 7.15. The lowest BCUT2D eigenvalue weighted by atomic mass is 10.1. The van der Waals surface area contributed by atoms with Crippen LogP contribution in [0.2, 0.25) is 0 Å². The summed E-state index contributed by atoms with van der Waals surface area (Å²) in [6, 6.07) is 23.5. The molecule has 1 unspecified atom stereocenters. The first-order chi connectivity index (χ1) is 15.6. The molecule has 5 nitrogen and oxygen atoms in total. The summed E-state index contributed by atoms with van der Waals surface area (Å²) in [4.78, 5) is 18.3. The summed E-state index contributed by atoms with van der Waals surface area (Å²) < 4.78 is 14.3. The van der Waals surface area contributed by atoms with Crippen LogP contribution in [-0.2, 0) is 0 Å². The normalized spacial score (nSPS) is 13.0. The maximum absolute atomic E-state index is 13.0. The molecule has 0 spiro atoms. The van der Waals surface area contributed by atoms with Crippen molar-refractivity contribution in [1.29, 1.82) is 0 Å². The molecule has 32 heavy (non-hydrogen) atoms. The number of rotatable bonds is 6. The van der Waals surface area contributed by atoms with E-state index >= 15 is 0 Å². The molecule has 5 rings (SSSR count). The van der Waals surface area contributed by atoms with E-state index in [1.165, 1.54) is 11.3 Å². The number of para-hydroxylation sites is 2. The van der Waals surface area contributed by atoms with Crippen LogP contribution in [0.4, 0.5) is 0 Å². The number of imidazole rings is 1. The van der Waals surface area contributed by atoms with Crippen molar-refractivity contribution in [3.63, 3.8) is 0 Å². The average molecular weight is 443 g/mol. The second-order valence-corrected chi connectivity index (χ2v) is 8.45. The number of hydrogen-bond acceptors (Lipinski definition) is 5. The largest absolute Gasteiger partial charge is 0.490 e. The first-order valence-corrected chi connectivity index (χ1v) is 11.4. The number of hydrogen-bond donors (Lipinski definition) is 0. The fourth-order valence-corrected chi connectivity index (χ4v) is 4.71. The Labute approximate surface area is 189 Å². The summed E-state index contributed by atoms with van der Waals surface area (Å²) in [5, 5.41) is 0. The molecule has 0 aliphatic rings. The Bertz CT molecular complexity index is 1510. The van der Waals surface area contributed by atoms with Crippen LogP contribution >= 0.6 is 11.3 Å². The topological polar surface area (TPSA) is 52.8 Å². The van der Waals surface area contributed by atoms with E-state index in [1.54, 1.807) is 4.40 Å². The molecule has 0 fully saturated rings. The smallest absolute Gasteiger partial charge is 0.274 e. The molecule has 0 N–H and O–H groups in total. The van der Waals surface area contributed by atoms with E-state index < -0.39 is 0 Å². The number of thiazole rings is 1. The van der Waals surface area contributed by atoms with Gasteiger partial charge in [-0.1, -0.05) is 59.9 Å². The molecule has 3 aromatic carbocycles. The van der Waals surface area contributed by atoms with E-state index in [0.29, 0.717) is 27.6 Å². The molecule has 0 amide bonds. The zero-order valence-corrected chi connectivity index (χ0v) is 18.6. The highest BCUT2D eigenvalue weighted by Crippen LogP contribution is 2.32. The van der Waals surface area contributed by atoms with Crippen LogP contribution in [0.15, 0.2) is 77.6 Å². The molecule has 0 bridgehead atoms. The number of aromatic nitrogens is 2. The summed E-state index contributed by atoms with van der Waals surface area (Å²) >= 11 is 1.39. The van der Waals surface area contributed by atoms with E-state index in [9.17, 15) is 4.79 Å². The Hall–Kier alpha value is -3.64. The zero-order chi connectivity index (χ0) is 22.1. The van der Waals surface area contributed by atoms with Gasteiger partial charge in [-0.2, -0.15) is 0 Å². The summed E-state index contributed by atoms with van der Waals surface area (Å²) in [7, 11) is 0. The quantitative estimate of drug-likeness (QED) is 0.372. The second-order valence-electron chi connectivity index (χ2n) is 7.44. The highest BCUT2D eigenvalue weighted by atomic mass is 32.1. The SMILES string of the molecule is CCOc1cc(/C=c2\sc3nc4ccccc4n3c2=O)ccc1OC(C)c1ccccc1. The van der Waals surface area contributed by atoms with Gasteiger partial charge in [0, 0.05) is 0 Å². The van der Waals surface area contributed by atoms with Gasteiger partial charge in [0.2, 0.25) is 0 Å². The molecular formula is C26H22N2O3S. The molecular weight excluding hydrogens is 420 g/mol. The van der Waals surface area contributed by atoms with Gasteiger partial charge in [0.25, 0.3) is 5.56 Å². The molecule has 6 heteroatoms. The van der Waals surface area contributed by atoms with Gasteiger partial charge in [-0.25, -0.2) is 9.38 Å². The Morgan fingerprint density at radius 1 is 1.03 bits per heavy atom. The molecule has 0 saturated heterocycles. The van der Waals surface area contributed by atoms with E-state index in [-0.39, 0.29) is 11.7 Å². The lowest BCUT2D eigenvalue weighted by molar-refractivity contribution is 0.211. The van der Waals surface area contributed by atoms with E-state index in [0.717, 1.165) is 22.2 Å². The second kappa shape index (κ2) is 8.48. The third kappa shape index (κ3) is 3.74. The van der Waals surface area contributed by atoms with Gasteiger partial charge in [-0.3, -0.25) is 4.79 Å². The van der Waals surface area contributed by atoms with Crippen molar-refractivity contribution in [2.75, 3.05) is 6.61 Å². The summed E-state index contributed by atoms with van der Waals surface area (Å²) in [5.41, 5.74) is 3.57. The predicted molar refractivity (Wildman–Crippen MR) is 129 cm³/mol. The van der Waals surface area contributed by atoms with E-state index in [1.807, 2.05) is 92.7 Å². The molecule has 0 aliphatic carbocycles. The summed E-state index contributed by atoms with van der Waals surface area (Å²) in [6.07, 6.45) is 1.76. The van der Waals surface area contributed by atoms with Crippen LogP contribution < -0.4 is 19.6 Å². The maximum Gasteiger partial charge on any atom is 0.274 e. The van der Waals surface area contributed by atoms with Crippen LogP contribution in [0.25, 0.3) is 22.1 Å². The number of ether oxygens (including phenoxy) is 2. The minimum Gasteiger partial charge on any atom is -0.490 e. The van der Waals surface area contributed by atoms with Gasteiger partial charge in [-0.05, 0) is 55.3 Å². The molecule has 5 aromatic rings. The van der Waals surface area contributed by atoms with Crippen molar-refractivity contribution >= 4 is 33.4 Å². The Morgan fingerprint density at radius 2 is 1.81 bits per heavy atom. The molecule has 1 atom stereocenters. The van der Waals surface area contributed by atoms with Gasteiger partial charge in [0.05, 0.1) is 22.2 Å². The number of benzene rings is 3. The Balaban J connectivity index is 1.51. The minimum atomic E-state index is -0.114. The molecule has 0 radical (unpaired) electrons. The van der Waals surface area contributed by atoms with Crippen LogP contribution in [0, 0.1) is 0 Å². The van der Waals surface area contributed by atoms with Crippen molar-refractivity contribution in [3.05, 3.63) is 98.8 Å². The van der Waals surface area contributed by atoms with Crippen LogP contribution in [0.1, 0.15) is 31.1 Å². The Morgan fingerprint density at radius 3 is 2.62 bits per heavy atom. The van der Waals surface area contributed by atoms with Gasteiger partial charge >= 0.3 is 0 Å².